The Hall–Kier alpha value is -2.37. The summed E-state index contributed by atoms with van der Waals surface area (Å²) in [4.78, 5) is 15.2. The molecule has 1 aliphatic rings. The van der Waals surface area contributed by atoms with Crippen LogP contribution in [0.15, 0.2) is 48.5 Å². The van der Waals surface area contributed by atoms with E-state index in [0.717, 1.165) is 35.1 Å². The van der Waals surface area contributed by atoms with Crippen molar-refractivity contribution in [2.24, 2.45) is 0 Å². The third-order valence-electron chi connectivity index (χ3n) is 6.34. The van der Waals surface area contributed by atoms with E-state index < -0.39 is 0 Å². The molecule has 2 heterocycles. The number of hydrogen-bond acceptors (Lipinski definition) is 3. The average molecular weight is 439 g/mol. The number of nitrogens with zero attached hydrogens (tertiary/aromatic N) is 3. The Morgan fingerprint density at radius 3 is 2.61 bits per heavy atom. The van der Waals surface area contributed by atoms with Crippen LogP contribution in [-0.4, -0.2) is 45.8 Å². The van der Waals surface area contributed by atoms with Gasteiger partial charge in [0.1, 0.15) is 12.2 Å². The number of carbonyl (C=O) groups excluding carboxylic acids is 1. The maximum absolute atomic E-state index is 12.6. The lowest BCUT2D eigenvalue weighted by Crippen LogP contribution is -2.44. The van der Waals surface area contributed by atoms with Crippen LogP contribution in [0.25, 0.3) is 22.2 Å². The van der Waals surface area contributed by atoms with Gasteiger partial charge in [0.15, 0.2) is 0 Å². The van der Waals surface area contributed by atoms with Crippen molar-refractivity contribution in [3.8, 4) is 11.3 Å². The van der Waals surface area contributed by atoms with E-state index in [1.165, 1.54) is 19.3 Å². The molecular formula is C25H31ClN4O. The number of carbonyl (C=O) groups is 1. The van der Waals surface area contributed by atoms with Gasteiger partial charge in [0, 0.05) is 41.1 Å². The monoisotopic (exact) mass is 438 g/mol. The zero-order chi connectivity index (χ0) is 21.8. The molecule has 1 aliphatic heterocycles. The molecule has 2 aromatic carbocycles. The van der Waals surface area contributed by atoms with Gasteiger partial charge in [0.2, 0.25) is 5.91 Å². The van der Waals surface area contributed by atoms with E-state index in [1.807, 2.05) is 48.5 Å². The van der Waals surface area contributed by atoms with Crippen molar-refractivity contribution < 1.29 is 4.79 Å². The normalized spacial score (nSPS) is 19.6. The smallest absolute Gasteiger partial charge is 0.241 e. The maximum atomic E-state index is 12.6. The summed E-state index contributed by atoms with van der Waals surface area (Å²) >= 11 is 6.24. The second kappa shape index (κ2) is 9.84. The summed E-state index contributed by atoms with van der Waals surface area (Å²) in [5.74, 6) is -0.0151. The van der Waals surface area contributed by atoms with Crippen molar-refractivity contribution in [1.29, 1.82) is 0 Å². The number of benzene rings is 2. The lowest BCUT2D eigenvalue weighted by Gasteiger charge is -2.39. The van der Waals surface area contributed by atoms with Crippen LogP contribution in [-0.2, 0) is 11.3 Å². The highest BCUT2D eigenvalue weighted by atomic mass is 35.5. The second-order valence-corrected chi connectivity index (χ2v) is 9.04. The number of halogens is 1. The molecule has 1 aromatic heterocycles. The summed E-state index contributed by atoms with van der Waals surface area (Å²) in [6, 6.07) is 17.0. The van der Waals surface area contributed by atoms with Crippen LogP contribution in [0.2, 0.25) is 5.02 Å². The number of rotatable bonds is 7. The van der Waals surface area contributed by atoms with Gasteiger partial charge in [-0.2, -0.15) is 5.10 Å². The number of aromatic nitrogens is 2. The van der Waals surface area contributed by atoms with Crippen molar-refractivity contribution >= 4 is 28.4 Å². The van der Waals surface area contributed by atoms with Crippen LogP contribution < -0.4 is 5.32 Å². The van der Waals surface area contributed by atoms with Gasteiger partial charge in [-0.1, -0.05) is 48.4 Å². The summed E-state index contributed by atoms with van der Waals surface area (Å²) in [7, 11) is 0. The van der Waals surface area contributed by atoms with E-state index in [1.54, 1.807) is 4.68 Å². The minimum atomic E-state index is -0.0151. The van der Waals surface area contributed by atoms with Crippen LogP contribution in [0, 0.1) is 0 Å². The van der Waals surface area contributed by atoms with Crippen LogP contribution in [0.5, 0.6) is 0 Å². The highest BCUT2D eigenvalue weighted by molar-refractivity contribution is 6.31. The molecule has 0 bridgehead atoms. The van der Waals surface area contributed by atoms with Gasteiger partial charge in [-0.05, 0) is 51.3 Å². The minimum Gasteiger partial charge on any atom is -0.354 e. The SMILES string of the molecule is C[C@@H]1CCC[C@H](C)N1CCCNC(=O)Cn1nc(-c2ccccc2)c2cc(Cl)ccc21. The third-order valence-corrected chi connectivity index (χ3v) is 6.58. The van der Waals surface area contributed by atoms with Gasteiger partial charge in [0.05, 0.1) is 5.52 Å². The number of likely N-dealkylation sites (tertiary alicyclic amines) is 1. The summed E-state index contributed by atoms with van der Waals surface area (Å²) in [5, 5.41) is 9.44. The van der Waals surface area contributed by atoms with E-state index in [0.29, 0.717) is 23.7 Å². The first-order chi connectivity index (χ1) is 15.0. The predicted octanol–water partition coefficient (Wildman–Crippen LogP) is 5.13. The summed E-state index contributed by atoms with van der Waals surface area (Å²) < 4.78 is 1.78. The Balaban J connectivity index is 1.40. The third kappa shape index (κ3) is 5.10. The summed E-state index contributed by atoms with van der Waals surface area (Å²) in [6.07, 6.45) is 4.84. The van der Waals surface area contributed by atoms with E-state index in [9.17, 15) is 4.79 Å². The summed E-state index contributed by atoms with van der Waals surface area (Å²) in [6.45, 7) is 6.54. The van der Waals surface area contributed by atoms with Crippen LogP contribution in [0.3, 0.4) is 0 Å². The molecule has 4 rings (SSSR count). The van der Waals surface area contributed by atoms with Gasteiger partial charge >= 0.3 is 0 Å². The molecule has 0 saturated carbocycles. The molecule has 3 aromatic rings. The maximum Gasteiger partial charge on any atom is 0.241 e. The van der Waals surface area contributed by atoms with E-state index in [2.05, 4.69) is 24.1 Å². The Morgan fingerprint density at radius 2 is 1.87 bits per heavy atom. The highest BCUT2D eigenvalue weighted by Crippen LogP contribution is 2.30. The zero-order valence-electron chi connectivity index (χ0n) is 18.4. The minimum absolute atomic E-state index is 0.0151. The quantitative estimate of drug-likeness (QED) is 0.520. The molecule has 1 amide bonds. The molecule has 6 heteroatoms. The van der Waals surface area contributed by atoms with Gasteiger partial charge in [-0.25, -0.2) is 0 Å². The van der Waals surface area contributed by atoms with E-state index in [4.69, 9.17) is 16.7 Å². The number of nitrogens with one attached hydrogen (secondary N) is 1. The lowest BCUT2D eigenvalue weighted by atomic mass is 9.97. The van der Waals surface area contributed by atoms with Gasteiger partial charge in [-0.15, -0.1) is 0 Å². The fraction of sp³-hybridized carbons (Fsp3) is 0.440. The molecule has 0 unspecified atom stereocenters. The largest absolute Gasteiger partial charge is 0.354 e. The highest BCUT2D eigenvalue weighted by Gasteiger charge is 2.23. The van der Waals surface area contributed by atoms with Crippen molar-refractivity contribution in [3.05, 3.63) is 53.6 Å². The van der Waals surface area contributed by atoms with Crippen LogP contribution >= 0.6 is 11.6 Å². The van der Waals surface area contributed by atoms with Crippen LogP contribution in [0.1, 0.15) is 39.5 Å². The molecule has 31 heavy (non-hydrogen) atoms. The van der Waals surface area contributed by atoms with Crippen molar-refractivity contribution in [2.45, 2.75) is 58.2 Å². The Kier molecular flexibility index (Phi) is 6.93. The zero-order valence-corrected chi connectivity index (χ0v) is 19.1. The van der Waals surface area contributed by atoms with E-state index >= 15 is 0 Å². The number of fused-ring (bicyclic) bond motifs is 1. The van der Waals surface area contributed by atoms with E-state index in [-0.39, 0.29) is 12.5 Å². The van der Waals surface area contributed by atoms with Crippen LogP contribution in [0.4, 0.5) is 0 Å². The molecule has 1 saturated heterocycles. The Morgan fingerprint density at radius 1 is 1.13 bits per heavy atom. The van der Waals surface area contributed by atoms with Crippen molar-refractivity contribution in [1.82, 2.24) is 20.0 Å². The van der Waals surface area contributed by atoms with Crippen molar-refractivity contribution in [3.63, 3.8) is 0 Å². The Bertz CT molecular complexity index is 1020. The molecule has 1 fully saturated rings. The first kappa shape index (κ1) is 21.8. The molecule has 164 valence electrons. The molecule has 2 atom stereocenters. The average Bonchev–Trinajstić information content (AvgIpc) is 3.10. The van der Waals surface area contributed by atoms with Gasteiger partial charge < -0.3 is 5.32 Å². The topological polar surface area (TPSA) is 50.2 Å². The predicted molar refractivity (Wildman–Crippen MR) is 127 cm³/mol. The summed E-state index contributed by atoms with van der Waals surface area (Å²) in [5.41, 5.74) is 2.77. The van der Waals surface area contributed by atoms with Gasteiger partial charge in [0.25, 0.3) is 0 Å². The number of piperidine rings is 1. The number of hydrogen-bond donors (Lipinski definition) is 1. The van der Waals surface area contributed by atoms with Gasteiger partial charge in [-0.3, -0.25) is 14.4 Å². The standard InChI is InChI=1S/C25H31ClN4O/c1-18-8-6-9-19(2)29(18)15-7-14-27-24(31)17-30-23-13-12-21(26)16-22(23)25(28-30)20-10-4-3-5-11-20/h3-5,10-13,16,18-19H,6-9,14-15,17H2,1-2H3,(H,27,31)/t18-,19+. The second-order valence-electron chi connectivity index (χ2n) is 8.60. The molecule has 0 radical (unpaired) electrons. The molecule has 0 aliphatic carbocycles. The molecule has 0 spiro atoms. The fourth-order valence-corrected chi connectivity index (χ4v) is 4.85. The Labute approximate surface area is 189 Å². The molecule has 5 nitrogen and oxygen atoms in total. The first-order valence-corrected chi connectivity index (χ1v) is 11.6. The molecule has 1 N–H and O–H groups in total. The number of amides is 1. The lowest BCUT2D eigenvalue weighted by molar-refractivity contribution is -0.121. The van der Waals surface area contributed by atoms with Crippen molar-refractivity contribution in [2.75, 3.05) is 13.1 Å². The molecular weight excluding hydrogens is 408 g/mol. The first-order valence-electron chi connectivity index (χ1n) is 11.3. The fourth-order valence-electron chi connectivity index (χ4n) is 4.68.